The van der Waals surface area contributed by atoms with Gasteiger partial charge in [-0.1, -0.05) is 11.8 Å². The van der Waals surface area contributed by atoms with Gasteiger partial charge in [0.2, 0.25) is 5.82 Å². The van der Waals surface area contributed by atoms with Gasteiger partial charge in [0, 0.05) is 17.7 Å². The van der Waals surface area contributed by atoms with Crippen molar-refractivity contribution in [2.24, 2.45) is 0 Å². The van der Waals surface area contributed by atoms with Crippen molar-refractivity contribution < 1.29 is 14.7 Å². The average Bonchev–Trinajstić information content (AvgIpc) is 3.15. The summed E-state index contributed by atoms with van der Waals surface area (Å²) in [6.07, 6.45) is 0. The maximum atomic E-state index is 12.9. The Kier molecular flexibility index (Phi) is 5.52. The second kappa shape index (κ2) is 7.58. The number of carbonyl (C=O) groups excluding carboxylic acids is 2. The molecule has 8 nitrogen and oxygen atoms in total. The lowest BCUT2D eigenvalue weighted by molar-refractivity contribution is -0.119. The molecular weight excluding hydrogens is 398 g/mol. The quantitative estimate of drug-likeness (QED) is 0.636. The first-order chi connectivity index (χ1) is 13.1. The summed E-state index contributed by atoms with van der Waals surface area (Å²) in [6, 6.07) is -0.689. The van der Waals surface area contributed by atoms with Crippen LogP contribution in [0, 0.1) is 25.7 Å². The highest BCUT2D eigenvalue weighted by Gasteiger charge is 2.33. The van der Waals surface area contributed by atoms with Gasteiger partial charge in [0.15, 0.2) is 0 Å². The summed E-state index contributed by atoms with van der Waals surface area (Å²) in [7, 11) is 1.69. The molecule has 1 aliphatic rings. The molecule has 0 aromatic carbocycles. The first kappa shape index (κ1) is 20.4. The molecule has 0 aliphatic carbocycles. The minimum Gasteiger partial charge on any atom is -0.378 e. The van der Waals surface area contributed by atoms with Crippen LogP contribution in [0.1, 0.15) is 40.7 Å². The lowest BCUT2D eigenvalue weighted by Gasteiger charge is -2.19. The van der Waals surface area contributed by atoms with Crippen molar-refractivity contribution in [3.8, 4) is 11.8 Å². The summed E-state index contributed by atoms with van der Waals surface area (Å²) < 4.78 is 0. The van der Waals surface area contributed by atoms with Crippen LogP contribution in [0.3, 0.4) is 0 Å². The van der Waals surface area contributed by atoms with E-state index < -0.39 is 17.6 Å². The van der Waals surface area contributed by atoms with E-state index >= 15 is 0 Å². The van der Waals surface area contributed by atoms with Crippen LogP contribution < -0.4 is 10.2 Å². The van der Waals surface area contributed by atoms with Crippen LogP contribution in [0.5, 0.6) is 0 Å². The number of aryl methyl sites for hydroxylation is 1. The zero-order valence-electron chi connectivity index (χ0n) is 16.2. The smallest absolute Gasteiger partial charge is 0.291 e. The van der Waals surface area contributed by atoms with E-state index in [1.54, 1.807) is 32.7 Å². The van der Waals surface area contributed by atoms with Crippen molar-refractivity contribution in [1.82, 2.24) is 20.5 Å². The molecular formula is C18H21N5O3S2. The fourth-order valence-corrected chi connectivity index (χ4v) is 5.07. The van der Waals surface area contributed by atoms with Crippen LogP contribution in [-0.4, -0.2) is 56.5 Å². The number of amides is 2. The molecule has 2 aromatic heterocycles. The average molecular weight is 420 g/mol. The SMILES string of the molecule is Cc1nc(C(=O)N[C@H]2CSc3c(sc(C#CC(C)(C)O)c3C)N(C)C2=O)n[nH]1. The number of aromatic amines is 1. The van der Waals surface area contributed by atoms with Gasteiger partial charge in [-0.3, -0.25) is 14.7 Å². The Labute approximate surface area is 171 Å². The Balaban J connectivity index is 1.83. The number of nitrogens with one attached hydrogen (secondary N) is 2. The molecule has 0 unspecified atom stereocenters. The molecule has 3 rings (SSSR count). The molecule has 148 valence electrons. The number of thiophene rings is 1. The number of thioether (sulfide) groups is 1. The predicted octanol–water partition coefficient (Wildman–Crippen LogP) is 1.47. The van der Waals surface area contributed by atoms with E-state index in [2.05, 4.69) is 32.3 Å². The van der Waals surface area contributed by atoms with E-state index in [0.29, 0.717) is 11.6 Å². The highest BCUT2D eigenvalue weighted by molar-refractivity contribution is 7.99. The summed E-state index contributed by atoms with van der Waals surface area (Å²) in [5.74, 6) is 6.05. The van der Waals surface area contributed by atoms with Gasteiger partial charge in [-0.15, -0.1) is 28.2 Å². The maximum absolute atomic E-state index is 12.9. The number of anilines is 1. The molecule has 10 heteroatoms. The monoisotopic (exact) mass is 419 g/mol. The molecule has 0 radical (unpaired) electrons. The minimum absolute atomic E-state index is 0.0114. The molecule has 0 saturated carbocycles. The number of rotatable bonds is 2. The lowest BCUT2D eigenvalue weighted by Crippen LogP contribution is -2.48. The number of aliphatic hydroxyl groups is 1. The fourth-order valence-electron chi connectivity index (χ4n) is 2.55. The van der Waals surface area contributed by atoms with Crippen molar-refractivity contribution in [2.75, 3.05) is 17.7 Å². The van der Waals surface area contributed by atoms with Gasteiger partial charge in [-0.05, 0) is 33.3 Å². The topological polar surface area (TPSA) is 111 Å². The summed E-state index contributed by atoms with van der Waals surface area (Å²) in [5.41, 5.74) is -0.116. The number of carbonyl (C=O) groups is 2. The van der Waals surface area contributed by atoms with Gasteiger partial charge in [-0.25, -0.2) is 4.98 Å². The fraction of sp³-hybridized carbons (Fsp3) is 0.444. The Morgan fingerprint density at radius 2 is 2.14 bits per heavy atom. The lowest BCUT2D eigenvalue weighted by atomic mass is 10.1. The van der Waals surface area contributed by atoms with Crippen molar-refractivity contribution in [3.05, 3.63) is 22.1 Å². The van der Waals surface area contributed by atoms with Crippen molar-refractivity contribution in [1.29, 1.82) is 0 Å². The molecule has 3 N–H and O–H groups in total. The Morgan fingerprint density at radius 3 is 2.75 bits per heavy atom. The minimum atomic E-state index is -1.09. The molecule has 0 bridgehead atoms. The Morgan fingerprint density at radius 1 is 1.43 bits per heavy atom. The first-order valence-corrected chi connectivity index (χ1v) is 10.4. The van der Waals surface area contributed by atoms with Crippen molar-refractivity contribution in [2.45, 2.75) is 44.2 Å². The Hall–Kier alpha value is -2.35. The van der Waals surface area contributed by atoms with Crippen LogP contribution in [0.2, 0.25) is 0 Å². The molecule has 2 amide bonds. The number of H-pyrrole nitrogens is 1. The van der Waals surface area contributed by atoms with Gasteiger partial charge in [0.05, 0.1) is 4.88 Å². The molecule has 0 fully saturated rings. The maximum Gasteiger partial charge on any atom is 0.291 e. The molecule has 1 aliphatic heterocycles. The van der Waals surface area contributed by atoms with Crippen LogP contribution in [0.4, 0.5) is 5.00 Å². The van der Waals surface area contributed by atoms with E-state index in [1.807, 2.05) is 6.92 Å². The van der Waals surface area contributed by atoms with E-state index in [4.69, 9.17) is 0 Å². The number of aromatic nitrogens is 3. The van der Waals surface area contributed by atoms with Crippen LogP contribution in [-0.2, 0) is 4.79 Å². The van der Waals surface area contributed by atoms with E-state index in [9.17, 15) is 14.7 Å². The second-order valence-electron chi connectivity index (χ2n) is 6.98. The van der Waals surface area contributed by atoms with Crippen molar-refractivity contribution in [3.63, 3.8) is 0 Å². The highest BCUT2D eigenvalue weighted by atomic mass is 32.2. The summed E-state index contributed by atoms with van der Waals surface area (Å²) in [5, 5.41) is 19.8. The summed E-state index contributed by atoms with van der Waals surface area (Å²) >= 11 is 2.91. The summed E-state index contributed by atoms with van der Waals surface area (Å²) in [6.45, 7) is 6.90. The third-order valence-corrected chi connectivity index (χ3v) is 6.69. The zero-order valence-corrected chi connectivity index (χ0v) is 17.8. The summed E-state index contributed by atoms with van der Waals surface area (Å²) in [4.78, 5) is 32.6. The number of fused-ring (bicyclic) bond motifs is 1. The van der Waals surface area contributed by atoms with Gasteiger partial charge < -0.3 is 15.3 Å². The standard InChI is InChI=1S/C18H21N5O3S2/c1-9-12(6-7-18(3,4)26)28-17-13(9)27-8-11(16(25)23(17)5)20-15(24)14-19-10(2)21-22-14/h11,26H,8H2,1-5H3,(H,20,24)(H,19,21,22)/t11-/m0/s1. The van der Waals surface area contributed by atoms with Gasteiger partial charge in [0.25, 0.3) is 11.8 Å². The second-order valence-corrected chi connectivity index (χ2v) is 9.01. The van der Waals surface area contributed by atoms with Gasteiger partial charge in [-0.2, -0.15) is 0 Å². The third-order valence-electron chi connectivity index (χ3n) is 3.99. The largest absolute Gasteiger partial charge is 0.378 e. The number of hydrogen-bond acceptors (Lipinski definition) is 7. The first-order valence-electron chi connectivity index (χ1n) is 8.56. The van der Waals surface area contributed by atoms with Crippen LogP contribution in [0.15, 0.2) is 4.90 Å². The third kappa shape index (κ3) is 4.22. The number of likely N-dealkylation sites (N-methyl/N-ethyl adjacent to an activating group) is 1. The van der Waals surface area contributed by atoms with Crippen LogP contribution in [0.25, 0.3) is 0 Å². The molecule has 0 saturated heterocycles. The highest BCUT2D eigenvalue weighted by Crippen LogP contribution is 2.43. The zero-order chi connectivity index (χ0) is 20.6. The Bertz CT molecular complexity index is 993. The molecule has 0 spiro atoms. The van der Waals surface area contributed by atoms with Crippen molar-refractivity contribution >= 4 is 39.9 Å². The molecule has 3 heterocycles. The van der Waals surface area contributed by atoms with E-state index in [1.165, 1.54) is 23.1 Å². The van der Waals surface area contributed by atoms with E-state index in [-0.39, 0.29) is 11.7 Å². The molecule has 1 atom stereocenters. The molecule has 28 heavy (non-hydrogen) atoms. The van der Waals surface area contributed by atoms with Gasteiger partial charge in [0.1, 0.15) is 22.5 Å². The molecule has 2 aromatic rings. The predicted molar refractivity (Wildman–Crippen MR) is 109 cm³/mol. The van der Waals surface area contributed by atoms with Gasteiger partial charge >= 0.3 is 0 Å². The number of hydrogen-bond donors (Lipinski definition) is 3. The van der Waals surface area contributed by atoms with E-state index in [0.717, 1.165) is 20.3 Å². The normalized spacial score (nSPS) is 16.9. The van der Waals surface area contributed by atoms with Crippen LogP contribution >= 0.6 is 23.1 Å². The number of nitrogens with zero attached hydrogens (tertiary/aromatic N) is 3.